The van der Waals surface area contributed by atoms with Crippen LogP contribution < -0.4 is 10.6 Å². The molecule has 1 aromatic heterocycles. The highest BCUT2D eigenvalue weighted by atomic mass is 15.1. The van der Waals surface area contributed by atoms with Crippen LogP contribution in [-0.2, 0) is 6.42 Å². The fourth-order valence-electron chi connectivity index (χ4n) is 2.29. The number of aryl methyl sites for hydroxylation is 1. The Balaban J connectivity index is 2.03. The molecule has 3 nitrogen and oxygen atoms in total. The molecule has 2 aromatic rings. The smallest absolute Gasteiger partial charge is 0.0368 e. The lowest BCUT2D eigenvalue weighted by Crippen LogP contribution is -2.28. The lowest BCUT2D eigenvalue weighted by atomic mass is 10.1. The van der Waals surface area contributed by atoms with Crippen LogP contribution in [0.1, 0.15) is 17.5 Å². The topological polar surface area (TPSA) is 42.1 Å². The molecule has 1 heterocycles. The number of nitrogens with two attached hydrogens (primary N) is 1. The van der Waals surface area contributed by atoms with Crippen LogP contribution in [0.2, 0.25) is 0 Å². The second-order valence-electron chi connectivity index (χ2n) is 5.07. The lowest BCUT2D eigenvalue weighted by molar-refractivity contribution is 0.728. The summed E-state index contributed by atoms with van der Waals surface area (Å²) in [4.78, 5) is 6.48. The van der Waals surface area contributed by atoms with E-state index < -0.39 is 0 Å². The number of benzene rings is 1. The number of nitrogens with zero attached hydrogens (tertiary/aromatic N) is 2. The zero-order valence-electron chi connectivity index (χ0n) is 12.1. The zero-order chi connectivity index (χ0) is 14.2. The Morgan fingerprint density at radius 1 is 1.10 bits per heavy atom. The maximum atomic E-state index is 5.66. The van der Waals surface area contributed by atoms with Gasteiger partial charge in [0.15, 0.2) is 0 Å². The van der Waals surface area contributed by atoms with Gasteiger partial charge in [-0.25, -0.2) is 0 Å². The van der Waals surface area contributed by atoms with Gasteiger partial charge >= 0.3 is 0 Å². The van der Waals surface area contributed by atoms with Gasteiger partial charge in [0, 0.05) is 31.2 Å². The highest BCUT2D eigenvalue weighted by molar-refractivity contribution is 5.48. The molecule has 0 saturated carbocycles. The molecule has 0 bridgehead atoms. The highest BCUT2D eigenvalue weighted by Gasteiger charge is 2.06. The average molecular weight is 269 g/mol. The van der Waals surface area contributed by atoms with Crippen molar-refractivity contribution in [3.05, 3.63) is 59.9 Å². The van der Waals surface area contributed by atoms with Crippen LogP contribution in [0, 0.1) is 6.92 Å². The molecule has 1 aromatic carbocycles. The van der Waals surface area contributed by atoms with E-state index in [4.69, 9.17) is 5.73 Å². The molecular formula is C17H23N3. The summed E-state index contributed by atoms with van der Waals surface area (Å²) >= 11 is 0. The van der Waals surface area contributed by atoms with E-state index in [0.717, 1.165) is 32.5 Å². The molecule has 0 atom stereocenters. The van der Waals surface area contributed by atoms with Gasteiger partial charge in [0.1, 0.15) is 0 Å². The molecule has 0 aliphatic carbocycles. The first-order valence-corrected chi connectivity index (χ1v) is 7.20. The molecule has 0 aliphatic heterocycles. The fraction of sp³-hybridized carbons (Fsp3) is 0.353. The third kappa shape index (κ3) is 4.35. The van der Waals surface area contributed by atoms with Crippen LogP contribution in [0.5, 0.6) is 0 Å². The summed E-state index contributed by atoms with van der Waals surface area (Å²) in [6.07, 6.45) is 5.75. The molecule has 2 rings (SSSR count). The molecule has 0 amide bonds. The Bertz CT molecular complexity index is 511. The van der Waals surface area contributed by atoms with Crippen LogP contribution in [0.15, 0.2) is 48.8 Å². The molecule has 0 saturated heterocycles. The summed E-state index contributed by atoms with van der Waals surface area (Å²) in [6, 6.07) is 12.8. The van der Waals surface area contributed by atoms with E-state index >= 15 is 0 Å². The minimum atomic E-state index is 0.734. The molecule has 0 aliphatic rings. The second-order valence-corrected chi connectivity index (χ2v) is 5.07. The summed E-state index contributed by atoms with van der Waals surface area (Å²) in [5.41, 5.74) is 9.56. The van der Waals surface area contributed by atoms with Gasteiger partial charge in [0.2, 0.25) is 0 Å². The summed E-state index contributed by atoms with van der Waals surface area (Å²) in [5, 5.41) is 0. The molecule has 106 valence electrons. The van der Waals surface area contributed by atoms with Crippen molar-refractivity contribution >= 4 is 5.69 Å². The monoisotopic (exact) mass is 269 g/mol. The third-order valence-corrected chi connectivity index (χ3v) is 3.42. The van der Waals surface area contributed by atoms with Crippen molar-refractivity contribution in [2.75, 3.05) is 24.5 Å². The average Bonchev–Trinajstić information content (AvgIpc) is 2.48. The second kappa shape index (κ2) is 7.65. The minimum Gasteiger partial charge on any atom is -0.371 e. The van der Waals surface area contributed by atoms with Crippen molar-refractivity contribution in [1.29, 1.82) is 0 Å². The predicted octanol–water partition coefficient (Wildman–Crippen LogP) is 2.79. The SMILES string of the molecule is Cc1cccc(N(CCCN)CCc2ccncc2)c1. The Morgan fingerprint density at radius 2 is 1.90 bits per heavy atom. The van der Waals surface area contributed by atoms with Crippen molar-refractivity contribution in [1.82, 2.24) is 4.98 Å². The zero-order valence-corrected chi connectivity index (χ0v) is 12.1. The van der Waals surface area contributed by atoms with Crippen molar-refractivity contribution in [3.8, 4) is 0 Å². The summed E-state index contributed by atoms with van der Waals surface area (Å²) in [7, 11) is 0. The van der Waals surface area contributed by atoms with Crippen LogP contribution in [0.3, 0.4) is 0 Å². The van der Waals surface area contributed by atoms with Gasteiger partial charge in [-0.15, -0.1) is 0 Å². The number of anilines is 1. The van der Waals surface area contributed by atoms with E-state index in [9.17, 15) is 0 Å². The molecule has 0 radical (unpaired) electrons. The molecule has 2 N–H and O–H groups in total. The quantitative estimate of drug-likeness (QED) is 0.840. The first-order chi connectivity index (χ1) is 9.79. The summed E-state index contributed by atoms with van der Waals surface area (Å²) in [6.45, 7) is 4.88. The molecular weight excluding hydrogens is 246 g/mol. The van der Waals surface area contributed by atoms with Gasteiger partial charge in [-0.2, -0.15) is 0 Å². The lowest BCUT2D eigenvalue weighted by Gasteiger charge is -2.25. The Morgan fingerprint density at radius 3 is 2.60 bits per heavy atom. The van der Waals surface area contributed by atoms with Crippen molar-refractivity contribution in [3.63, 3.8) is 0 Å². The van der Waals surface area contributed by atoms with E-state index in [0.29, 0.717) is 0 Å². The fourth-order valence-corrected chi connectivity index (χ4v) is 2.29. The third-order valence-electron chi connectivity index (χ3n) is 3.42. The van der Waals surface area contributed by atoms with Crippen molar-refractivity contribution in [2.24, 2.45) is 5.73 Å². The van der Waals surface area contributed by atoms with Crippen LogP contribution in [0.25, 0.3) is 0 Å². The Labute approximate surface area is 121 Å². The number of pyridine rings is 1. The predicted molar refractivity (Wildman–Crippen MR) is 85.0 cm³/mol. The maximum absolute atomic E-state index is 5.66. The molecule has 0 fully saturated rings. The highest BCUT2D eigenvalue weighted by Crippen LogP contribution is 2.17. The first kappa shape index (κ1) is 14.5. The standard InChI is InChI=1S/C17H23N3/c1-15-4-2-5-17(14-15)20(12-3-9-18)13-8-16-6-10-19-11-7-16/h2,4-7,10-11,14H,3,8-9,12-13,18H2,1H3. The summed E-state index contributed by atoms with van der Waals surface area (Å²) < 4.78 is 0. The number of aromatic nitrogens is 1. The van der Waals surface area contributed by atoms with Crippen molar-refractivity contribution in [2.45, 2.75) is 19.8 Å². The maximum Gasteiger partial charge on any atom is 0.0368 e. The van der Waals surface area contributed by atoms with Gasteiger partial charge in [-0.1, -0.05) is 12.1 Å². The largest absolute Gasteiger partial charge is 0.371 e. The Hall–Kier alpha value is -1.87. The van der Waals surface area contributed by atoms with Gasteiger partial charge in [0.05, 0.1) is 0 Å². The van der Waals surface area contributed by atoms with Gasteiger partial charge < -0.3 is 10.6 Å². The van der Waals surface area contributed by atoms with Gasteiger partial charge in [-0.05, 0) is 61.7 Å². The molecule has 0 unspecified atom stereocenters. The number of rotatable bonds is 7. The molecule has 3 heteroatoms. The van der Waals surface area contributed by atoms with E-state index in [1.54, 1.807) is 0 Å². The Kier molecular flexibility index (Phi) is 5.56. The normalized spacial score (nSPS) is 10.5. The molecule has 20 heavy (non-hydrogen) atoms. The van der Waals surface area contributed by atoms with E-state index in [-0.39, 0.29) is 0 Å². The number of hydrogen-bond acceptors (Lipinski definition) is 3. The van der Waals surface area contributed by atoms with E-state index in [1.165, 1.54) is 16.8 Å². The van der Waals surface area contributed by atoms with Gasteiger partial charge in [-0.3, -0.25) is 4.98 Å². The van der Waals surface area contributed by atoms with Crippen LogP contribution in [0.4, 0.5) is 5.69 Å². The van der Waals surface area contributed by atoms with E-state index in [1.807, 2.05) is 12.4 Å². The van der Waals surface area contributed by atoms with E-state index in [2.05, 4.69) is 53.2 Å². The summed E-state index contributed by atoms with van der Waals surface area (Å²) in [5.74, 6) is 0. The first-order valence-electron chi connectivity index (χ1n) is 7.20. The van der Waals surface area contributed by atoms with Crippen LogP contribution in [-0.4, -0.2) is 24.6 Å². The van der Waals surface area contributed by atoms with Crippen molar-refractivity contribution < 1.29 is 0 Å². The molecule has 0 spiro atoms. The number of hydrogen-bond donors (Lipinski definition) is 1. The minimum absolute atomic E-state index is 0.734. The van der Waals surface area contributed by atoms with Crippen LogP contribution >= 0.6 is 0 Å². The van der Waals surface area contributed by atoms with Gasteiger partial charge in [0.25, 0.3) is 0 Å².